The van der Waals surface area contributed by atoms with Crippen molar-refractivity contribution in [2.45, 2.75) is 0 Å². The van der Waals surface area contributed by atoms with Gasteiger partial charge in [0.1, 0.15) is 0 Å². The Bertz CT molecular complexity index is 163. The van der Waals surface area contributed by atoms with Crippen molar-refractivity contribution in [2.24, 2.45) is 22.9 Å². The van der Waals surface area contributed by atoms with Gasteiger partial charge in [0.05, 0.1) is 19.8 Å². The lowest BCUT2D eigenvalue weighted by Crippen LogP contribution is -2.30. The first-order valence-electron chi connectivity index (χ1n) is 4.38. The van der Waals surface area contributed by atoms with Gasteiger partial charge in [-0.05, 0) is 0 Å². The molecule has 0 aliphatic carbocycles. The van der Waals surface area contributed by atoms with Gasteiger partial charge in [-0.1, -0.05) is 0 Å². The van der Waals surface area contributed by atoms with E-state index in [0.717, 1.165) is 0 Å². The molecule has 0 saturated heterocycles. The highest BCUT2D eigenvalue weighted by Gasteiger charge is 1.88. The molecule has 0 aromatic carbocycles. The molecule has 0 aliphatic heterocycles. The van der Waals surface area contributed by atoms with Crippen LogP contribution in [0.3, 0.4) is 0 Å². The summed E-state index contributed by atoms with van der Waals surface area (Å²) in [5, 5.41) is 18.5. The third-order valence-corrected chi connectivity index (χ3v) is 0.717. The highest BCUT2D eigenvalue weighted by Crippen LogP contribution is 1.55. The Kier molecular flexibility index (Phi) is 34.8. The number of hydrogen-bond donors (Lipinski definition) is 7. The van der Waals surface area contributed by atoms with Crippen LogP contribution < -0.4 is 28.3 Å². The third kappa shape index (κ3) is 111. The van der Waals surface area contributed by atoms with Crippen LogP contribution in [-0.4, -0.2) is 60.5 Å². The Labute approximate surface area is 99.2 Å². The van der Waals surface area contributed by atoms with E-state index in [1.54, 1.807) is 0 Å². The molecule has 0 bridgehead atoms. The molecule has 13 N–H and O–H groups in total. The highest BCUT2D eigenvalue weighted by atomic mass is 16.3. The Hall–Kier alpha value is -1.46. The summed E-state index contributed by atoms with van der Waals surface area (Å²) in [6.07, 6.45) is 0. The molecule has 10 heteroatoms. The van der Waals surface area contributed by atoms with Crippen LogP contribution in [0.4, 0.5) is 4.79 Å². The summed E-state index contributed by atoms with van der Waals surface area (Å²) >= 11 is 0. The number of urea groups is 1. The minimum Gasteiger partial charge on any atom is -0.412 e. The Morgan fingerprint density at radius 2 is 1.41 bits per heavy atom. The summed E-state index contributed by atoms with van der Waals surface area (Å²) in [5.41, 5.74) is 18.0. The van der Waals surface area contributed by atoms with E-state index >= 15 is 0 Å². The molecule has 0 aromatic rings. The predicted octanol–water partition coefficient (Wildman–Crippen LogP) is -4.81. The number of nitrogens with two attached hydrogens (primary N) is 4. The van der Waals surface area contributed by atoms with E-state index in [1.807, 2.05) is 0 Å². The molecule has 0 spiro atoms. The number of aliphatic hydroxyl groups excluding tert-OH is 2. The quantitative estimate of drug-likeness (QED) is 0.239. The number of rotatable bonds is 5. The van der Waals surface area contributed by atoms with Crippen LogP contribution in [0.15, 0.2) is 0 Å². The molecular weight excluding hydrogens is 234 g/mol. The summed E-state index contributed by atoms with van der Waals surface area (Å²) in [6.45, 7) is 1.07. The smallest absolute Gasteiger partial charge is 0.309 e. The van der Waals surface area contributed by atoms with Crippen molar-refractivity contribution in [3.63, 3.8) is 0 Å². The third-order valence-electron chi connectivity index (χ3n) is 0.717. The maximum Gasteiger partial charge on any atom is 0.309 e. The molecule has 0 radical (unpaired) electrons. The monoisotopic (exact) mass is 257 g/mol. The number of carbonyl (C=O) groups is 2. The first-order chi connectivity index (χ1) is 7.42. The van der Waals surface area contributed by atoms with Crippen molar-refractivity contribution >= 4 is 11.9 Å². The maximum atomic E-state index is 9.95. The van der Waals surface area contributed by atoms with Gasteiger partial charge in [0.25, 0.3) is 0 Å². The van der Waals surface area contributed by atoms with Gasteiger partial charge in [0, 0.05) is 13.1 Å². The molecule has 0 fully saturated rings. The van der Waals surface area contributed by atoms with E-state index in [1.165, 1.54) is 0 Å². The van der Waals surface area contributed by atoms with Crippen LogP contribution in [0.1, 0.15) is 0 Å². The van der Waals surface area contributed by atoms with Crippen LogP contribution in [0.25, 0.3) is 0 Å². The summed E-state index contributed by atoms with van der Waals surface area (Å²) in [7, 11) is 0. The Morgan fingerprint density at radius 3 is 1.59 bits per heavy atom. The molecule has 3 amide bonds. The zero-order valence-electron chi connectivity index (χ0n) is 9.56. The number of primary amides is 3. The number of carbonyl (C=O) groups excluding carboxylic acids is 2. The van der Waals surface area contributed by atoms with Crippen molar-refractivity contribution in [1.82, 2.24) is 5.32 Å². The molecule has 0 rings (SSSR count). The number of hydrogen-bond acceptors (Lipinski definition) is 6. The van der Waals surface area contributed by atoms with Crippen LogP contribution >= 0.6 is 0 Å². The lowest BCUT2D eigenvalue weighted by atomic mass is 10.6. The van der Waals surface area contributed by atoms with Gasteiger partial charge in [0.15, 0.2) is 0 Å². The standard InChI is InChI=1S/C4H10N2O2.C2H7NO.CH4N2O.H2O/c5-4(8)3-6-1-2-7;3-1-2-4;2-1(3)4;/h6-7H,1-3H2,(H2,5,8);4H,1-3H2;(H4,2,3,4);1H2. The van der Waals surface area contributed by atoms with E-state index in [9.17, 15) is 4.79 Å². The summed E-state index contributed by atoms with van der Waals surface area (Å²) in [4.78, 5) is 19.0. The molecule has 0 heterocycles. The lowest BCUT2D eigenvalue weighted by molar-refractivity contribution is -0.117. The minimum atomic E-state index is -0.833. The Balaban J connectivity index is -0.0000000806. The largest absolute Gasteiger partial charge is 0.412 e. The van der Waals surface area contributed by atoms with Gasteiger partial charge < -0.3 is 43.9 Å². The molecule has 0 saturated carbocycles. The van der Waals surface area contributed by atoms with Crippen molar-refractivity contribution < 1.29 is 25.3 Å². The predicted molar refractivity (Wildman–Crippen MR) is 62.7 cm³/mol. The second kappa shape index (κ2) is 24.0. The SMILES string of the molecule is NC(=O)CNCCO.NC(N)=O.NCCO.O. The fraction of sp³-hybridized carbons (Fsp3) is 0.714. The van der Waals surface area contributed by atoms with Gasteiger partial charge >= 0.3 is 6.03 Å². The summed E-state index contributed by atoms with van der Waals surface area (Å²) in [6, 6.07) is -0.833. The normalized spacial score (nSPS) is 7.47. The van der Waals surface area contributed by atoms with E-state index in [4.69, 9.17) is 26.5 Å². The zero-order chi connectivity index (χ0) is 13.4. The van der Waals surface area contributed by atoms with Gasteiger partial charge in [0.2, 0.25) is 5.91 Å². The highest BCUT2D eigenvalue weighted by molar-refractivity contribution is 5.75. The van der Waals surface area contributed by atoms with Gasteiger partial charge in [-0.2, -0.15) is 0 Å². The number of amides is 3. The number of aliphatic hydroxyl groups is 2. The van der Waals surface area contributed by atoms with Gasteiger partial charge in [-0.25, -0.2) is 4.79 Å². The molecule has 10 nitrogen and oxygen atoms in total. The molecule has 106 valence electrons. The molecule has 0 unspecified atom stereocenters. The molecule has 0 aromatic heterocycles. The van der Waals surface area contributed by atoms with Crippen LogP contribution in [0.2, 0.25) is 0 Å². The minimum absolute atomic E-state index is 0. The second-order valence-electron chi connectivity index (χ2n) is 2.28. The first-order valence-corrected chi connectivity index (χ1v) is 4.38. The molecule has 17 heavy (non-hydrogen) atoms. The summed E-state index contributed by atoms with van der Waals surface area (Å²) in [5.74, 6) is -0.404. The second-order valence-corrected chi connectivity index (χ2v) is 2.28. The van der Waals surface area contributed by atoms with Crippen LogP contribution in [0, 0.1) is 0 Å². The fourth-order valence-electron chi connectivity index (χ4n) is 0.291. The molecular formula is C7H23N5O5. The zero-order valence-corrected chi connectivity index (χ0v) is 9.56. The van der Waals surface area contributed by atoms with E-state index in [0.29, 0.717) is 13.1 Å². The van der Waals surface area contributed by atoms with Crippen molar-refractivity contribution in [3.05, 3.63) is 0 Å². The van der Waals surface area contributed by atoms with Crippen molar-refractivity contribution in [2.75, 3.05) is 32.8 Å². The summed E-state index contributed by atoms with van der Waals surface area (Å²) < 4.78 is 0. The first kappa shape index (κ1) is 24.7. The fourth-order valence-corrected chi connectivity index (χ4v) is 0.291. The molecule has 0 aliphatic rings. The number of nitrogens with one attached hydrogen (secondary N) is 1. The average Bonchev–Trinajstić information content (AvgIpc) is 2.17. The Morgan fingerprint density at radius 1 is 1.06 bits per heavy atom. The van der Waals surface area contributed by atoms with E-state index in [-0.39, 0.29) is 25.2 Å². The maximum absolute atomic E-state index is 9.95. The van der Waals surface area contributed by atoms with Crippen molar-refractivity contribution in [3.8, 4) is 0 Å². The van der Waals surface area contributed by atoms with Crippen molar-refractivity contribution in [1.29, 1.82) is 0 Å². The van der Waals surface area contributed by atoms with Crippen LogP contribution in [-0.2, 0) is 4.79 Å². The van der Waals surface area contributed by atoms with Gasteiger partial charge in [-0.3, -0.25) is 4.79 Å². The topological polar surface area (TPSA) is 222 Å². The van der Waals surface area contributed by atoms with Gasteiger partial charge in [-0.15, -0.1) is 0 Å². The average molecular weight is 257 g/mol. The van der Waals surface area contributed by atoms with E-state index in [2.05, 4.69) is 16.8 Å². The van der Waals surface area contributed by atoms with Crippen LogP contribution in [0.5, 0.6) is 0 Å². The molecule has 0 atom stereocenters. The van der Waals surface area contributed by atoms with E-state index < -0.39 is 11.9 Å². The lowest BCUT2D eigenvalue weighted by Gasteiger charge is -1.94.